The van der Waals surface area contributed by atoms with Gasteiger partial charge in [0.15, 0.2) is 0 Å². The summed E-state index contributed by atoms with van der Waals surface area (Å²) in [6.07, 6.45) is 2.13. The summed E-state index contributed by atoms with van der Waals surface area (Å²) in [5.74, 6) is 0.346. The molecule has 0 radical (unpaired) electrons. The van der Waals surface area contributed by atoms with Crippen LogP contribution in [0.1, 0.15) is 12.8 Å². The molecule has 1 aliphatic heterocycles. The average molecular weight is 337 g/mol. The summed E-state index contributed by atoms with van der Waals surface area (Å²) in [6, 6.07) is 4.38. The predicted molar refractivity (Wildman–Crippen MR) is 81.9 cm³/mol. The number of piperidine rings is 1. The van der Waals surface area contributed by atoms with Crippen molar-refractivity contribution in [2.75, 3.05) is 26.7 Å². The number of halogens is 2. The van der Waals surface area contributed by atoms with E-state index in [4.69, 9.17) is 23.2 Å². The third-order valence-corrected chi connectivity index (χ3v) is 5.70. The number of nitrogens with one attached hydrogen (secondary N) is 1. The van der Waals surface area contributed by atoms with E-state index in [1.54, 1.807) is 7.05 Å². The summed E-state index contributed by atoms with van der Waals surface area (Å²) >= 11 is 11.8. The highest BCUT2D eigenvalue weighted by Gasteiger charge is 2.25. The molecule has 1 unspecified atom stereocenters. The molecule has 20 heavy (non-hydrogen) atoms. The lowest BCUT2D eigenvalue weighted by Crippen LogP contribution is -2.39. The Hall–Kier alpha value is -0.330. The molecule has 0 spiro atoms. The monoisotopic (exact) mass is 336 g/mol. The van der Waals surface area contributed by atoms with Crippen LogP contribution in [0.5, 0.6) is 0 Å². The van der Waals surface area contributed by atoms with E-state index in [1.807, 2.05) is 0 Å². The van der Waals surface area contributed by atoms with Gasteiger partial charge in [0, 0.05) is 23.6 Å². The zero-order valence-electron chi connectivity index (χ0n) is 11.3. The van der Waals surface area contributed by atoms with Gasteiger partial charge in [0.1, 0.15) is 0 Å². The van der Waals surface area contributed by atoms with Crippen molar-refractivity contribution < 1.29 is 8.42 Å². The minimum Gasteiger partial charge on any atom is -0.316 e. The summed E-state index contributed by atoms with van der Waals surface area (Å²) in [5.41, 5.74) is 0. The van der Waals surface area contributed by atoms with Crippen LogP contribution >= 0.6 is 23.2 Å². The van der Waals surface area contributed by atoms with Gasteiger partial charge >= 0.3 is 0 Å². The third kappa shape index (κ3) is 3.86. The van der Waals surface area contributed by atoms with Crippen LogP contribution in [0, 0.1) is 5.92 Å². The van der Waals surface area contributed by atoms with Gasteiger partial charge in [-0.2, -0.15) is 0 Å². The van der Waals surface area contributed by atoms with Gasteiger partial charge in [0.05, 0.1) is 4.90 Å². The summed E-state index contributed by atoms with van der Waals surface area (Å²) in [7, 11) is -1.95. The van der Waals surface area contributed by atoms with Gasteiger partial charge in [-0.3, -0.25) is 0 Å². The lowest BCUT2D eigenvalue weighted by Gasteiger charge is -2.27. The molecule has 1 aromatic carbocycles. The SMILES string of the molecule is CN(CC1CCCNC1)S(=O)(=O)c1cc(Cl)cc(Cl)c1. The Balaban J connectivity index is 2.15. The molecule has 0 bridgehead atoms. The van der Waals surface area contributed by atoms with Gasteiger partial charge in [0.2, 0.25) is 10.0 Å². The van der Waals surface area contributed by atoms with E-state index in [-0.39, 0.29) is 4.90 Å². The Kier molecular flexibility index (Phi) is 5.31. The quantitative estimate of drug-likeness (QED) is 0.919. The van der Waals surface area contributed by atoms with Gasteiger partial charge in [-0.15, -0.1) is 0 Å². The van der Waals surface area contributed by atoms with Crippen LogP contribution in [0.3, 0.4) is 0 Å². The number of nitrogens with zero attached hydrogens (tertiary/aromatic N) is 1. The molecule has 1 atom stereocenters. The molecule has 0 aromatic heterocycles. The molecule has 2 rings (SSSR count). The van der Waals surface area contributed by atoms with Crippen LogP contribution in [-0.2, 0) is 10.0 Å². The zero-order valence-corrected chi connectivity index (χ0v) is 13.6. The Morgan fingerprint density at radius 3 is 2.50 bits per heavy atom. The number of hydrogen-bond donors (Lipinski definition) is 1. The van der Waals surface area contributed by atoms with Crippen LogP contribution in [0.4, 0.5) is 0 Å². The highest BCUT2D eigenvalue weighted by atomic mass is 35.5. The van der Waals surface area contributed by atoms with E-state index in [2.05, 4.69) is 5.32 Å². The van der Waals surface area contributed by atoms with Crippen LogP contribution in [0.25, 0.3) is 0 Å². The van der Waals surface area contributed by atoms with Gasteiger partial charge in [-0.1, -0.05) is 23.2 Å². The van der Waals surface area contributed by atoms with E-state index in [0.29, 0.717) is 22.5 Å². The molecule has 4 nitrogen and oxygen atoms in total. The fourth-order valence-electron chi connectivity index (χ4n) is 2.40. The molecule has 1 heterocycles. The standard InChI is InChI=1S/C13H18Cl2N2O2S/c1-17(9-10-3-2-4-16-8-10)20(18,19)13-6-11(14)5-12(15)7-13/h5-7,10,16H,2-4,8-9H2,1H3. The molecular weight excluding hydrogens is 319 g/mol. The summed E-state index contributed by atoms with van der Waals surface area (Å²) in [6.45, 7) is 2.37. The first kappa shape index (κ1) is 16.0. The molecule has 1 aromatic rings. The smallest absolute Gasteiger partial charge is 0.242 e. The first-order valence-corrected chi connectivity index (χ1v) is 8.72. The van der Waals surface area contributed by atoms with Crippen LogP contribution in [-0.4, -0.2) is 39.4 Å². The highest BCUT2D eigenvalue weighted by Crippen LogP contribution is 2.25. The molecule has 1 fully saturated rings. The maximum absolute atomic E-state index is 12.5. The Labute approximate surface area is 130 Å². The largest absolute Gasteiger partial charge is 0.316 e. The Bertz CT molecular complexity index is 551. The molecule has 0 amide bonds. The second-order valence-electron chi connectivity index (χ2n) is 5.10. The minimum absolute atomic E-state index is 0.140. The van der Waals surface area contributed by atoms with Crippen molar-refractivity contribution in [2.24, 2.45) is 5.92 Å². The minimum atomic E-state index is -3.55. The number of benzene rings is 1. The topological polar surface area (TPSA) is 49.4 Å². The Morgan fingerprint density at radius 1 is 1.30 bits per heavy atom. The van der Waals surface area contributed by atoms with E-state index >= 15 is 0 Å². The second-order valence-corrected chi connectivity index (χ2v) is 8.02. The molecule has 1 saturated heterocycles. The number of hydrogen-bond acceptors (Lipinski definition) is 3. The summed E-state index contributed by atoms with van der Waals surface area (Å²) in [4.78, 5) is 0.140. The van der Waals surface area contributed by atoms with Crippen molar-refractivity contribution in [3.05, 3.63) is 28.2 Å². The first-order valence-electron chi connectivity index (χ1n) is 6.53. The average Bonchev–Trinajstić information content (AvgIpc) is 2.38. The van der Waals surface area contributed by atoms with Crippen molar-refractivity contribution >= 4 is 33.2 Å². The van der Waals surface area contributed by atoms with Crippen molar-refractivity contribution in [2.45, 2.75) is 17.7 Å². The van der Waals surface area contributed by atoms with Gasteiger partial charge in [-0.05, 0) is 50.0 Å². The third-order valence-electron chi connectivity index (χ3n) is 3.46. The maximum Gasteiger partial charge on any atom is 0.242 e. The maximum atomic E-state index is 12.5. The lowest BCUT2D eigenvalue weighted by atomic mass is 10.00. The van der Waals surface area contributed by atoms with Crippen LogP contribution in [0.15, 0.2) is 23.1 Å². The molecule has 7 heteroatoms. The van der Waals surface area contributed by atoms with Gasteiger partial charge in [-0.25, -0.2) is 12.7 Å². The van der Waals surface area contributed by atoms with E-state index in [0.717, 1.165) is 25.9 Å². The molecule has 0 saturated carbocycles. The van der Waals surface area contributed by atoms with Crippen LogP contribution in [0.2, 0.25) is 10.0 Å². The Morgan fingerprint density at radius 2 is 1.95 bits per heavy atom. The van der Waals surface area contributed by atoms with Gasteiger partial charge < -0.3 is 5.32 Å². The lowest BCUT2D eigenvalue weighted by molar-refractivity contribution is 0.315. The second kappa shape index (κ2) is 6.62. The number of rotatable bonds is 4. The number of sulfonamides is 1. The van der Waals surface area contributed by atoms with Crippen LogP contribution < -0.4 is 5.32 Å². The van der Waals surface area contributed by atoms with Gasteiger partial charge in [0.25, 0.3) is 0 Å². The fraction of sp³-hybridized carbons (Fsp3) is 0.538. The highest BCUT2D eigenvalue weighted by molar-refractivity contribution is 7.89. The fourth-order valence-corrected chi connectivity index (χ4v) is 4.37. The van der Waals surface area contributed by atoms with Crippen molar-refractivity contribution in [3.63, 3.8) is 0 Å². The molecule has 1 N–H and O–H groups in total. The van der Waals surface area contributed by atoms with Crippen molar-refractivity contribution in [1.82, 2.24) is 9.62 Å². The molecular formula is C13H18Cl2N2O2S. The summed E-state index contributed by atoms with van der Waals surface area (Å²) < 4.78 is 26.4. The molecule has 1 aliphatic rings. The molecule has 112 valence electrons. The van der Waals surface area contributed by atoms with E-state index < -0.39 is 10.0 Å². The van der Waals surface area contributed by atoms with E-state index in [9.17, 15) is 8.42 Å². The first-order chi connectivity index (χ1) is 9.39. The normalized spacial score (nSPS) is 20.3. The summed E-state index contributed by atoms with van der Waals surface area (Å²) in [5, 5.41) is 3.93. The van der Waals surface area contributed by atoms with Crippen molar-refractivity contribution in [1.29, 1.82) is 0 Å². The zero-order chi connectivity index (χ0) is 14.8. The molecule has 0 aliphatic carbocycles. The van der Waals surface area contributed by atoms with Crippen molar-refractivity contribution in [3.8, 4) is 0 Å². The van der Waals surface area contributed by atoms with E-state index in [1.165, 1.54) is 22.5 Å². The predicted octanol–water partition coefficient (Wildman–Crippen LogP) is 2.61.